The fraction of sp³-hybridized carbons (Fsp3) is 0.387. The Balaban J connectivity index is 0.000000621. The lowest BCUT2D eigenvalue weighted by molar-refractivity contribution is 0.150. The van der Waals surface area contributed by atoms with E-state index in [9.17, 15) is 5.11 Å². The van der Waals surface area contributed by atoms with Crippen molar-refractivity contribution < 1.29 is 14.6 Å². The second-order valence-electron chi connectivity index (χ2n) is 8.89. The zero-order valence-corrected chi connectivity index (χ0v) is 24.2. The van der Waals surface area contributed by atoms with Crippen LogP contribution in [0.25, 0.3) is 17.5 Å². The molecule has 1 atom stereocenters. The second kappa shape index (κ2) is 19.2. The second-order valence-corrected chi connectivity index (χ2v) is 8.89. The number of allylic oxidation sites excluding steroid dienone is 3. The Morgan fingerprint density at radius 1 is 1.18 bits per heavy atom. The Hall–Kier alpha value is -3.95. The van der Waals surface area contributed by atoms with Crippen molar-refractivity contribution >= 4 is 17.7 Å². The van der Waals surface area contributed by atoms with Gasteiger partial charge in [0.05, 0.1) is 44.2 Å². The third-order valence-electron chi connectivity index (χ3n) is 6.01. The number of aliphatic hydroxyl groups is 1. The van der Waals surface area contributed by atoms with Crippen LogP contribution in [0.2, 0.25) is 0 Å². The molecule has 0 aliphatic carbocycles. The zero-order chi connectivity index (χ0) is 29.0. The number of hydrogen-bond acceptors (Lipinski definition) is 8. The maximum absolute atomic E-state index is 9.43. The lowest BCUT2D eigenvalue weighted by Crippen LogP contribution is -2.33. The molecule has 4 rings (SSSR count). The van der Waals surface area contributed by atoms with E-state index in [0.717, 1.165) is 54.6 Å². The summed E-state index contributed by atoms with van der Waals surface area (Å²) >= 11 is 0. The summed E-state index contributed by atoms with van der Waals surface area (Å²) in [5.74, 6) is 2.10. The van der Waals surface area contributed by atoms with Crippen LogP contribution >= 0.6 is 0 Å². The highest BCUT2D eigenvalue weighted by atomic mass is 16.5. The molecule has 3 aromatic rings. The van der Waals surface area contributed by atoms with Gasteiger partial charge in [0.25, 0.3) is 0 Å². The zero-order valence-electron chi connectivity index (χ0n) is 24.2. The van der Waals surface area contributed by atoms with Crippen molar-refractivity contribution in [1.29, 1.82) is 0 Å². The molecule has 0 saturated carbocycles. The van der Waals surface area contributed by atoms with E-state index in [4.69, 9.17) is 4.74 Å². The first kappa shape index (κ1) is 32.3. The van der Waals surface area contributed by atoms with Gasteiger partial charge >= 0.3 is 0 Å². The van der Waals surface area contributed by atoms with E-state index in [0.29, 0.717) is 18.6 Å². The fourth-order valence-corrected chi connectivity index (χ4v) is 3.92. The Bertz CT molecular complexity index is 1170. The predicted octanol–water partition coefficient (Wildman–Crippen LogP) is 6.23. The summed E-state index contributed by atoms with van der Waals surface area (Å²) in [5, 5.41) is 12.7. The predicted molar refractivity (Wildman–Crippen MR) is 164 cm³/mol. The first-order chi connectivity index (χ1) is 19.6. The molecule has 1 aromatic carbocycles. The first-order valence-corrected chi connectivity index (χ1v) is 13.6. The highest BCUT2D eigenvalue weighted by Crippen LogP contribution is 2.22. The van der Waals surface area contributed by atoms with E-state index in [1.54, 1.807) is 19.5 Å². The molecule has 1 fully saturated rings. The van der Waals surface area contributed by atoms with Crippen molar-refractivity contribution in [2.45, 2.75) is 46.1 Å². The van der Waals surface area contributed by atoms with Gasteiger partial charge in [0.1, 0.15) is 11.6 Å². The molecular formula is C31H44N6O3. The first-order valence-electron chi connectivity index (χ1n) is 13.6. The average Bonchev–Trinajstić information content (AvgIpc) is 3.66. The number of H-pyrrole nitrogens is 1. The monoisotopic (exact) mass is 548 g/mol. The molecule has 9 heteroatoms. The standard InChI is InChI=1S/C24H30N6O2.C4H8.C3H6O/c1-2-6-23-26-16-22(28-23)21-10-11-25-24(29-21)27-18-7-3-9-20(15-18)32-14-5-13-30-12-4-8-19(30)17-31;2*1-3-4-2/h2-3,6-7,9-11,15-16,19,31H,4-5,8,12-14,17H2,1H3,(H,26,28)(H,25,27,29);3-4H,1-2H3;3H,1H2,2H3/b6-2+;4-3-;/t19-;;/m0../s1. The number of nitrogens with zero attached hydrogens (tertiary/aromatic N) is 4. The number of anilines is 2. The Kier molecular flexibility index (Phi) is 15.5. The van der Waals surface area contributed by atoms with Crippen molar-refractivity contribution in [3.05, 3.63) is 79.6 Å². The molecule has 0 radical (unpaired) electrons. The maximum Gasteiger partial charge on any atom is 0.227 e. The molecule has 1 saturated heterocycles. The van der Waals surface area contributed by atoms with Gasteiger partial charge < -0.3 is 24.9 Å². The third kappa shape index (κ3) is 11.4. The van der Waals surface area contributed by atoms with Crippen molar-refractivity contribution in [1.82, 2.24) is 24.8 Å². The van der Waals surface area contributed by atoms with E-state index in [2.05, 4.69) is 41.5 Å². The van der Waals surface area contributed by atoms with Gasteiger partial charge in [-0.05, 0) is 70.9 Å². The minimum Gasteiger partial charge on any atom is -0.505 e. The van der Waals surface area contributed by atoms with Gasteiger partial charge in [-0.15, -0.1) is 0 Å². The van der Waals surface area contributed by atoms with Crippen LogP contribution in [0.4, 0.5) is 11.6 Å². The molecule has 0 bridgehead atoms. The molecule has 1 aliphatic heterocycles. The Morgan fingerprint density at radius 2 is 1.98 bits per heavy atom. The summed E-state index contributed by atoms with van der Waals surface area (Å²) in [4.78, 5) is 18.8. The number of imidazole rings is 1. The van der Waals surface area contributed by atoms with Crippen molar-refractivity contribution in [2.24, 2.45) is 0 Å². The van der Waals surface area contributed by atoms with Gasteiger partial charge in [0, 0.05) is 30.5 Å². The number of nitrogens with one attached hydrogen (secondary N) is 2. The molecule has 1 aliphatic rings. The van der Waals surface area contributed by atoms with Crippen LogP contribution < -0.4 is 10.1 Å². The smallest absolute Gasteiger partial charge is 0.227 e. The highest BCUT2D eigenvalue weighted by molar-refractivity contribution is 5.60. The van der Waals surface area contributed by atoms with E-state index >= 15 is 0 Å². The summed E-state index contributed by atoms with van der Waals surface area (Å²) in [6.45, 7) is 12.1. The lowest BCUT2D eigenvalue weighted by atomic mass is 10.2. The topological polar surface area (TPSA) is 108 Å². The molecule has 9 nitrogen and oxygen atoms in total. The number of aromatic nitrogens is 4. The number of hydrogen-bond donors (Lipinski definition) is 3. The van der Waals surface area contributed by atoms with Crippen LogP contribution in [0.1, 0.15) is 45.9 Å². The van der Waals surface area contributed by atoms with E-state index in [1.165, 1.54) is 12.7 Å². The summed E-state index contributed by atoms with van der Waals surface area (Å²) in [6, 6.07) is 9.96. The number of rotatable bonds is 11. The maximum atomic E-state index is 9.43. The minimum absolute atomic E-state index is 0.245. The lowest BCUT2D eigenvalue weighted by Gasteiger charge is -2.22. The van der Waals surface area contributed by atoms with Crippen LogP contribution in [0, 0.1) is 0 Å². The summed E-state index contributed by atoms with van der Waals surface area (Å²) in [6.07, 6.45) is 15.9. The summed E-state index contributed by atoms with van der Waals surface area (Å²) in [5.41, 5.74) is 2.46. The molecule has 3 heterocycles. The third-order valence-corrected chi connectivity index (χ3v) is 6.01. The number of aliphatic hydroxyl groups excluding tert-OH is 1. The molecule has 2 aromatic heterocycles. The van der Waals surface area contributed by atoms with Crippen molar-refractivity contribution in [3.8, 4) is 17.1 Å². The van der Waals surface area contributed by atoms with Gasteiger partial charge in [-0.25, -0.2) is 15.0 Å². The number of aromatic amines is 1. The number of methoxy groups -OCH3 is 1. The van der Waals surface area contributed by atoms with Crippen molar-refractivity contribution in [2.75, 3.05) is 38.7 Å². The molecule has 216 valence electrons. The Morgan fingerprint density at radius 3 is 2.67 bits per heavy atom. The van der Waals surface area contributed by atoms with E-state index in [1.807, 2.05) is 75.4 Å². The van der Waals surface area contributed by atoms with E-state index in [-0.39, 0.29) is 6.61 Å². The molecule has 0 spiro atoms. The van der Waals surface area contributed by atoms with Gasteiger partial charge in [-0.1, -0.05) is 30.9 Å². The van der Waals surface area contributed by atoms with Crippen molar-refractivity contribution in [3.63, 3.8) is 0 Å². The molecule has 0 unspecified atom stereocenters. The molecule has 0 amide bonds. The normalized spacial score (nSPS) is 14.8. The number of benzene rings is 1. The van der Waals surface area contributed by atoms with Gasteiger partial charge in [-0.3, -0.25) is 4.90 Å². The molecule has 3 N–H and O–H groups in total. The number of likely N-dealkylation sites (tertiary alicyclic amines) is 1. The van der Waals surface area contributed by atoms with Gasteiger partial charge in [0.2, 0.25) is 5.95 Å². The fourth-order valence-electron chi connectivity index (χ4n) is 3.92. The van der Waals surface area contributed by atoms with Crippen LogP contribution in [0.3, 0.4) is 0 Å². The largest absolute Gasteiger partial charge is 0.505 e. The highest BCUT2D eigenvalue weighted by Gasteiger charge is 2.22. The van der Waals surface area contributed by atoms with Crippen LogP contribution in [0.5, 0.6) is 5.75 Å². The summed E-state index contributed by atoms with van der Waals surface area (Å²) < 4.78 is 10.2. The van der Waals surface area contributed by atoms with Crippen LogP contribution in [-0.4, -0.2) is 69.4 Å². The molecule has 40 heavy (non-hydrogen) atoms. The number of ether oxygens (including phenoxy) is 2. The van der Waals surface area contributed by atoms with Crippen LogP contribution in [0.15, 0.2) is 73.8 Å². The summed E-state index contributed by atoms with van der Waals surface area (Å²) in [7, 11) is 1.56. The average molecular weight is 549 g/mol. The molecular weight excluding hydrogens is 504 g/mol. The van der Waals surface area contributed by atoms with E-state index < -0.39 is 0 Å². The van der Waals surface area contributed by atoms with Gasteiger partial charge in [-0.2, -0.15) is 0 Å². The van der Waals surface area contributed by atoms with Crippen LogP contribution in [-0.2, 0) is 4.74 Å². The Labute approximate surface area is 238 Å². The van der Waals surface area contributed by atoms with Gasteiger partial charge in [0.15, 0.2) is 0 Å². The quantitative estimate of drug-likeness (QED) is 0.147. The SMILES string of the molecule is C/C=C/c1ncc(-c2ccnc(Nc3cccc(OCCCN4CCC[C@H]4CO)c3)n2)[nH]1.C/C=C\C.C=COC. The minimum atomic E-state index is 0.245.